The summed E-state index contributed by atoms with van der Waals surface area (Å²) in [6, 6.07) is 9.14. The normalized spacial score (nSPS) is 11.4. The van der Waals surface area contributed by atoms with Crippen LogP contribution in [0.1, 0.15) is 19.3 Å². The zero-order valence-electron chi connectivity index (χ0n) is 15.4. The number of aliphatic imine (C=N–C) groups is 1. The van der Waals surface area contributed by atoms with Crippen LogP contribution in [-0.4, -0.2) is 30.5 Å². The summed E-state index contributed by atoms with van der Waals surface area (Å²) in [6.45, 7) is 0.818. The molecule has 29 heavy (non-hydrogen) atoms. The van der Waals surface area contributed by atoms with E-state index in [1.54, 1.807) is 36.8 Å². The first-order valence-electron chi connectivity index (χ1n) is 8.83. The Kier molecular flexibility index (Phi) is 8.56. The highest BCUT2D eigenvalue weighted by molar-refractivity contribution is 5.94. The molecule has 0 aliphatic carbocycles. The van der Waals surface area contributed by atoms with Crippen LogP contribution >= 0.6 is 0 Å². The molecular weight excluding hydrogens is 387 g/mol. The third-order valence-electron chi connectivity index (χ3n) is 3.55. The minimum absolute atomic E-state index is 0.0490. The molecule has 0 radical (unpaired) electrons. The summed E-state index contributed by atoms with van der Waals surface area (Å²) >= 11 is 0. The second-order valence-corrected chi connectivity index (χ2v) is 5.75. The Morgan fingerprint density at radius 2 is 1.79 bits per heavy atom. The topological polar surface area (TPSA) is 91.6 Å². The van der Waals surface area contributed by atoms with E-state index in [1.807, 2.05) is 0 Å². The van der Waals surface area contributed by atoms with Crippen molar-refractivity contribution in [1.29, 1.82) is 5.26 Å². The van der Waals surface area contributed by atoms with Crippen LogP contribution in [0.15, 0.2) is 53.8 Å². The smallest absolute Gasteiger partial charge is 0.490 e. The quantitative estimate of drug-likeness (QED) is 0.282. The Bertz CT molecular complexity index is 823. The van der Waals surface area contributed by atoms with E-state index in [0.717, 1.165) is 18.5 Å². The standard InChI is InChI=1S/C19H20F3N5O2/c20-19(21,22)29-17-7-3-2-6-16(17)28-13-5-1-4-10-25-18(26-14-23)27-15-8-11-24-12-9-15/h2-3,6-9,11-12H,1,4-5,10,13H2,(H2,24,25,26,27). The third-order valence-corrected chi connectivity index (χ3v) is 3.55. The van der Waals surface area contributed by atoms with Gasteiger partial charge < -0.3 is 20.1 Å². The van der Waals surface area contributed by atoms with Gasteiger partial charge in [-0.05, 0) is 43.5 Å². The average molecular weight is 407 g/mol. The zero-order valence-corrected chi connectivity index (χ0v) is 15.4. The van der Waals surface area contributed by atoms with Gasteiger partial charge in [0.1, 0.15) is 0 Å². The van der Waals surface area contributed by atoms with Crippen molar-refractivity contribution in [2.45, 2.75) is 25.6 Å². The fraction of sp³-hybridized carbons (Fsp3) is 0.316. The van der Waals surface area contributed by atoms with Gasteiger partial charge in [0.15, 0.2) is 11.5 Å². The first kappa shape index (κ1) is 21.8. The van der Waals surface area contributed by atoms with Gasteiger partial charge in [-0.15, -0.1) is 18.2 Å². The number of unbranched alkanes of at least 4 members (excludes halogenated alkanes) is 2. The highest BCUT2D eigenvalue weighted by Gasteiger charge is 2.32. The monoisotopic (exact) mass is 407 g/mol. The van der Waals surface area contributed by atoms with Gasteiger partial charge in [0.05, 0.1) is 6.61 Å². The summed E-state index contributed by atoms with van der Waals surface area (Å²) in [5, 5.41) is 14.8. The van der Waals surface area contributed by atoms with Gasteiger partial charge in [0, 0.05) is 24.6 Å². The third kappa shape index (κ3) is 8.83. The Morgan fingerprint density at radius 1 is 1.07 bits per heavy atom. The van der Waals surface area contributed by atoms with E-state index in [1.165, 1.54) is 18.2 Å². The summed E-state index contributed by atoms with van der Waals surface area (Å²) in [7, 11) is 0. The molecule has 0 aliphatic rings. The lowest BCUT2D eigenvalue weighted by molar-refractivity contribution is -0.275. The number of para-hydroxylation sites is 2. The zero-order chi connectivity index (χ0) is 21.0. The summed E-state index contributed by atoms with van der Waals surface area (Å²) in [5.41, 5.74) is 0.745. The number of hydrogen-bond donors (Lipinski definition) is 2. The van der Waals surface area contributed by atoms with Crippen molar-refractivity contribution in [2.24, 2.45) is 4.99 Å². The molecule has 2 aromatic rings. The van der Waals surface area contributed by atoms with Crippen molar-refractivity contribution in [3.05, 3.63) is 48.8 Å². The minimum Gasteiger partial charge on any atom is -0.490 e. The lowest BCUT2D eigenvalue weighted by Crippen LogP contribution is -2.31. The number of nitrogens with one attached hydrogen (secondary N) is 2. The number of nitrogens with zero attached hydrogens (tertiary/aromatic N) is 3. The summed E-state index contributed by atoms with van der Waals surface area (Å²) in [6.07, 6.45) is 2.36. The summed E-state index contributed by atoms with van der Waals surface area (Å²) < 4.78 is 46.5. The molecule has 1 heterocycles. The first-order valence-corrected chi connectivity index (χ1v) is 8.83. The largest absolute Gasteiger partial charge is 0.573 e. The second-order valence-electron chi connectivity index (χ2n) is 5.75. The molecule has 0 saturated carbocycles. The Morgan fingerprint density at radius 3 is 2.48 bits per heavy atom. The van der Waals surface area contributed by atoms with Gasteiger partial charge in [0.25, 0.3) is 0 Å². The molecule has 2 N–H and O–H groups in total. The molecule has 0 spiro atoms. The lowest BCUT2D eigenvalue weighted by atomic mass is 10.2. The van der Waals surface area contributed by atoms with Crippen LogP contribution in [-0.2, 0) is 0 Å². The molecule has 10 heteroatoms. The van der Waals surface area contributed by atoms with E-state index in [0.29, 0.717) is 18.9 Å². The minimum atomic E-state index is -4.77. The van der Waals surface area contributed by atoms with Gasteiger partial charge in [-0.25, -0.2) is 0 Å². The number of benzene rings is 1. The van der Waals surface area contributed by atoms with Crippen molar-refractivity contribution in [3.63, 3.8) is 0 Å². The van der Waals surface area contributed by atoms with Crippen molar-refractivity contribution >= 4 is 11.6 Å². The number of ether oxygens (including phenoxy) is 2. The van der Waals surface area contributed by atoms with Gasteiger partial charge in [-0.1, -0.05) is 12.1 Å². The van der Waals surface area contributed by atoms with Crippen LogP contribution in [0.3, 0.4) is 0 Å². The van der Waals surface area contributed by atoms with Gasteiger partial charge in [-0.3, -0.25) is 4.98 Å². The van der Waals surface area contributed by atoms with E-state index < -0.39 is 6.36 Å². The molecule has 0 amide bonds. The summed E-state index contributed by atoms with van der Waals surface area (Å²) in [5.74, 6) is 0.0160. The predicted molar refractivity (Wildman–Crippen MR) is 101 cm³/mol. The molecule has 0 saturated heterocycles. The first-order chi connectivity index (χ1) is 14.0. The van der Waals surface area contributed by atoms with E-state index in [4.69, 9.17) is 10.00 Å². The van der Waals surface area contributed by atoms with Crippen LogP contribution < -0.4 is 20.1 Å². The molecule has 0 fully saturated rings. The number of guanidine groups is 1. The number of pyridine rings is 1. The molecular formula is C19H20F3N5O2. The van der Waals surface area contributed by atoms with Crippen molar-refractivity contribution in [3.8, 4) is 17.7 Å². The number of hydrogen-bond acceptors (Lipinski definition) is 5. The van der Waals surface area contributed by atoms with Crippen LogP contribution in [0.5, 0.6) is 11.5 Å². The molecule has 0 atom stereocenters. The molecule has 2 rings (SSSR count). The molecule has 0 aliphatic heterocycles. The number of halogens is 3. The van der Waals surface area contributed by atoms with Crippen molar-refractivity contribution < 1.29 is 22.6 Å². The Labute approximate surface area is 166 Å². The van der Waals surface area contributed by atoms with Crippen LogP contribution in [0.4, 0.5) is 18.9 Å². The van der Waals surface area contributed by atoms with E-state index >= 15 is 0 Å². The SMILES string of the molecule is N#C/N=C(\NCCCCCOc1ccccc1OC(F)(F)F)Nc1ccncc1. The number of rotatable bonds is 9. The Hall–Kier alpha value is -3.48. The van der Waals surface area contributed by atoms with E-state index in [9.17, 15) is 13.2 Å². The highest BCUT2D eigenvalue weighted by atomic mass is 19.4. The number of alkyl halides is 3. The number of aromatic nitrogens is 1. The maximum atomic E-state index is 12.4. The number of anilines is 1. The van der Waals surface area contributed by atoms with Crippen LogP contribution in [0, 0.1) is 11.5 Å². The van der Waals surface area contributed by atoms with Gasteiger partial charge in [0.2, 0.25) is 12.2 Å². The van der Waals surface area contributed by atoms with E-state index in [-0.39, 0.29) is 18.1 Å². The van der Waals surface area contributed by atoms with Crippen LogP contribution in [0.2, 0.25) is 0 Å². The number of nitriles is 1. The van der Waals surface area contributed by atoms with Crippen molar-refractivity contribution in [2.75, 3.05) is 18.5 Å². The van der Waals surface area contributed by atoms with Crippen LogP contribution in [0.25, 0.3) is 0 Å². The lowest BCUT2D eigenvalue weighted by Gasteiger charge is -2.14. The fourth-order valence-electron chi connectivity index (χ4n) is 2.30. The molecule has 1 aromatic heterocycles. The van der Waals surface area contributed by atoms with Gasteiger partial charge >= 0.3 is 6.36 Å². The molecule has 154 valence electrons. The average Bonchev–Trinajstić information content (AvgIpc) is 2.68. The second kappa shape index (κ2) is 11.4. The van der Waals surface area contributed by atoms with Gasteiger partial charge in [-0.2, -0.15) is 5.26 Å². The summed E-state index contributed by atoms with van der Waals surface area (Å²) in [4.78, 5) is 7.59. The fourth-order valence-corrected chi connectivity index (χ4v) is 2.30. The predicted octanol–water partition coefficient (Wildman–Crippen LogP) is 4.07. The molecule has 0 bridgehead atoms. The Balaban J connectivity index is 1.67. The highest BCUT2D eigenvalue weighted by Crippen LogP contribution is 2.31. The maximum Gasteiger partial charge on any atom is 0.573 e. The maximum absolute atomic E-state index is 12.4. The van der Waals surface area contributed by atoms with E-state index in [2.05, 4.69) is 25.3 Å². The molecule has 1 aromatic carbocycles. The molecule has 7 nitrogen and oxygen atoms in total. The van der Waals surface area contributed by atoms with Crippen molar-refractivity contribution in [1.82, 2.24) is 10.3 Å². The molecule has 0 unspecified atom stereocenters.